The Bertz CT molecular complexity index is 245. The van der Waals surface area contributed by atoms with Gasteiger partial charge in [0.1, 0.15) is 18.8 Å². The number of aromatic nitrogens is 3. The average molecular weight is 169 g/mol. The summed E-state index contributed by atoms with van der Waals surface area (Å²) in [5.41, 5.74) is 0. The van der Waals surface area contributed by atoms with Crippen LogP contribution < -0.4 is 0 Å². The van der Waals surface area contributed by atoms with E-state index in [0.29, 0.717) is 6.54 Å². The van der Waals surface area contributed by atoms with Crippen LogP contribution in [0.2, 0.25) is 0 Å². The summed E-state index contributed by atoms with van der Waals surface area (Å²) in [4.78, 5) is 14.3. The van der Waals surface area contributed by atoms with Gasteiger partial charge in [0.15, 0.2) is 0 Å². The maximum Gasteiger partial charge on any atom is 0.302 e. The highest BCUT2D eigenvalue weighted by Crippen LogP contribution is 1.94. The molecule has 1 aromatic heterocycles. The molecule has 0 aliphatic heterocycles. The molecule has 0 saturated heterocycles. The number of esters is 1. The highest BCUT2D eigenvalue weighted by molar-refractivity contribution is 5.66. The molecule has 0 aromatic carbocycles. The van der Waals surface area contributed by atoms with Gasteiger partial charge in [-0.2, -0.15) is 5.10 Å². The summed E-state index contributed by atoms with van der Waals surface area (Å²) in [7, 11) is 0. The minimum absolute atomic E-state index is 0.163. The van der Waals surface area contributed by atoms with Gasteiger partial charge < -0.3 is 4.74 Å². The van der Waals surface area contributed by atoms with E-state index in [9.17, 15) is 4.79 Å². The van der Waals surface area contributed by atoms with Gasteiger partial charge in [0, 0.05) is 6.92 Å². The Labute approximate surface area is 70.4 Å². The normalized spacial score (nSPS) is 12.5. The number of carbonyl (C=O) groups is 1. The Hall–Kier alpha value is -1.39. The molecular weight excluding hydrogens is 158 g/mol. The van der Waals surface area contributed by atoms with Crippen LogP contribution in [0, 0.1) is 0 Å². The van der Waals surface area contributed by atoms with Gasteiger partial charge in [0.05, 0.1) is 6.54 Å². The minimum Gasteiger partial charge on any atom is -0.461 e. The molecule has 0 unspecified atom stereocenters. The first-order chi connectivity index (χ1) is 5.68. The molecule has 0 radical (unpaired) electrons. The fourth-order valence-corrected chi connectivity index (χ4v) is 0.911. The molecule has 0 aliphatic carbocycles. The van der Waals surface area contributed by atoms with Crippen LogP contribution in [0.4, 0.5) is 0 Å². The zero-order valence-corrected chi connectivity index (χ0v) is 7.10. The van der Waals surface area contributed by atoms with Crippen molar-refractivity contribution in [3.63, 3.8) is 0 Å². The third-order valence-corrected chi connectivity index (χ3v) is 1.28. The Morgan fingerprint density at radius 2 is 2.50 bits per heavy atom. The lowest BCUT2D eigenvalue weighted by atomic mass is 10.4. The number of ether oxygens (including phenoxy) is 1. The van der Waals surface area contributed by atoms with Crippen LogP contribution in [0.25, 0.3) is 0 Å². The first kappa shape index (κ1) is 8.70. The van der Waals surface area contributed by atoms with Gasteiger partial charge in [0.25, 0.3) is 0 Å². The van der Waals surface area contributed by atoms with E-state index in [2.05, 4.69) is 10.1 Å². The van der Waals surface area contributed by atoms with Crippen LogP contribution in [0.1, 0.15) is 13.8 Å². The van der Waals surface area contributed by atoms with E-state index in [0.717, 1.165) is 0 Å². The van der Waals surface area contributed by atoms with Crippen LogP contribution in [0.5, 0.6) is 0 Å². The Balaban J connectivity index is 2.36. The fourth-order valence-electron chi connectivity index (χ4n) is 0.911. The van der Waals surface area contributed by atoms with Crippen LogP contribution >= 0.6 is 0 Å². The zero-order chi connectivity index (χ0) is 8.97. The third kappa shape index (κ3) is 2.69. The second-order valence-electron chi connectivity index (χ2n) is 2.54. The summed E-state index contributed by atoms with van der Waals surface area (Å²) in [5, 5.41) is 3.88. The van der Waals surface area contributed by atoms with Gasteiger partial charge in [-0.1, -0.05) is 0 Å². The molecule has 0 fully saturated rings. The van der Waals surface area contributed by atoms with Crippen molar-refractivity contribution in [3.05, 3.63) is 12.7 Å². The van der Waals surface area contributed by atoms with Crippen molar-refractivity contribution in [1.82, 2.24) is 14.8 Å². The lowest BCUT2D eigenvalue weighted by molar-refractivity contribution is -0.146. The molecule has 1 aromatic rings. The van der Waals surface area contributed by atoms with Gasteiger partial charge in [-0.3, -0.25) is 4.79 Å². The summed E-state index contributed by atoms with van der Waals surface area (Å²) in [6, 6.07) is 0. The molecule has 0 N–H and O–H groups in total. The van der Waals surface area contributed by atoms with E-state index in [-0.39, 0.29) is 12.1 Å². The lowest BCUT2D eigenvalue weighted by Crippen LogP contribution is -2.19. The standard InChI is InChI=1S/C7H11N3O2/c1-6(12-7(2)11)3-10-5-8-4-9-10/h4-6H,3H2,1-2H3/t6-/m0/s1. The Morgan fingerprint density at radius 3 is 3.00 bits per heavy atom. The van der Waals surface area contributed by atoms with E-state index in [1.165, 1.54) is 13.3 Å². The molecule has 1 atom stereocenters. The first-order valence-corrected chi connectivity index (χ1v) is 3.68. The molecule has 0 bridgehead atoms. The van der Waals surface area contributed by atoms with E-state index in [1.807, 2.05) is 6.92 Å². The Morgan fingerprint density at radius 1 is 1.75 bits per heavy atom. The molecule has 0 spiro atoms. The largest absolute Gasteiger partial charge is 0.461 e. The average Bonchev–Trinajstić information content (AvgIpc) is 2.37. The van der Waals surface area contributed by atoms with Gasteiger partial charge in [-0.05, 0) is 6.92 Å². The SMILES string of the molecule is CC(=O)O[C@@H](C)Cn1cncn1. The maximum atomic E-state index is 10.5. The number of hydrogen-bond acceptors (Lipinski definition) is 4. The summed E-state index contributed by atoms with van der Waals surface area (Å²) in [5.74, 6) is -0.275. The molecule has 5 nitrogen and oxygen atoms in total. The number of nitrogens with zero attached hydrogens (tertiary/aromatic N) is 3. The molecule has 0 aliphatic rings. The molecule has 0 amide bonds. The molecule has 5 heteroatoms. The molecule has 0 saturated carbocycles. The monoisotopic (exact) mass is 169 g/mol. The van der Waals surface area contributed by atoms with Crippen LogP contribution in [0.15, 0.2) is 12.7 Å². The van der Waals surface area contributed by atoms with Gasteiger partial charge in [0.2, 0.25) is 0 Å². The van der Waals surface area contributed by atoms with Crippen LogP contribution in [0.3, 0.4) is 0 Å². The first-order valence-electron chi connectivity index (χ1n) is 3.68. The molecule has 1 heterocycles. The smallest absolute Gasteiger partial charge is 0.302 e. The van der Waals surface area contributed by atoms with Crippen molar-refractivity contribution < 1.29 is 9.53 Å². The van der Waals surface area contributed by atoms with Gasteiger partial charge in [-0.15, -0.1) is 0 Å². The predicted octanol–water partition coefficient (Wildman–Crippen LogP) is 0.230. The fraction of sp³-hybridized carbons (Fsp3) is 0.571. The van der Waals surface area contributed by atoms with Crippen LogP contribution in [-0.2, 0) is 16.1 Å². The van der Waals surface area contributed by atoms with Gasteiger partial charge in [-0.25, -0.2) is 9.67 Å². The molecule has 1 rings (SSSR count). The predicted molar refractivity (Wildman–Crippen MR) is 41.3 cm³/mol. The van der Waals surface area contributed by atoms with Crippen molar-refractivity contribution in [2.45, 2.75) is 26.5 Å². The van der Waals surface area contributed by atoms with Crippen molar-refractivity contribution >= 4 is 5.97 Å². The van der Waals surface area contributed by atoms with Gasteiger partial charge >= 0.3 is 5.97 Å². The number of rotatable bonds is 3. The van der Waals surface area contributed by atoms with E-state index in [1.54, 1.807) is 11.0 Å². The topological polar surface area (TPSA) is 57.0 Å². The van der Waals surface area contributed by atoms with Crippen molar-refractivity contribution in [1.29, 1.82) is 0 Å². The molecule has 12 heavy (non-hydrogen) atoms. The number of carbonyl (C=O) groups excluding carboxylic acids is 1. The number of hydrogen-bond donors (Lipinski definition) is 0. The van der Waals surface area contributed by atoms with Crippen LogP contribution in [-0.4, -0.2) is 26.8 Å². The highest BCUT2D eigenvalue weighted by Gasteiger charge is 2.05. The van der Waals surface area contributed by atoms with E-state index in [4.69, 9.17) is 4.74 Å². The summed E-state index contributed by atoms with van der Waals surface area (Å²) < 4.78 is 6.51. The molecule has 66 valence electrons. The maximum absolute atomic E-state index is 10.5. The third-order valence-electron chi connectivity index (χ3n) is 1.28. The summed E-state index contributed by atoms with van der Waals surface area (Å²) in [6.07, 6.45) is 2.87. The minimum atomic E-state index is -0.275. The molecular formula is C7H11N3O2. The van der Waals surface area contributed by atoms with Crippen molar-refractivity contribution in [3.8, 4) is 0 Å². The summed E-state index contributed by atoms with van der Waals surface area (Å²) in [6.45, 7) is 3.74. The second-order valence-corrected chi connectivity index (χ2v) is 2.54. The summed E-state index contributed by atoms with van der Waals surface area (Å²) >= 11 is 0. The lowest BCUT2D eigenvalue weighted by Gasteiger charge is -2.10. The zero-order valence-electron chi connectivity index (χ0n) is 7.10. The van der Waals surface area contributed by atoms with Crippen molar-refractivity contribution in [2.24, 2.45) is 0 Å². The van der Waals surface area contributed by atoms with E-state index < -0.39 is 0 Å². The second kappa shape index (κ2) is 3.85. The Kier molecular flexibility index (Phi) is 2.79. The van der Waals surface area contributed by atoms with E-state index >= 15 is 0 Å². The highest BCUT2D eigenvalue weighted by atomic mass is 16.5. The quantitative estimate of drug-likeness (QED) is 0.608. The van der Waals surface area contributed by atoms with Crippen molar-refractivity contribution in [2.75, 3.05) is 0 Å².